The van der Waals surface area contributed by atoms with E-state index >= 15 is 0 Å². The summed E-state index contributed by atoms with van der Waals surface area (Å²) in [5, 5.41) is 0. The summed E-state index contributed by atoms with van der Waals surface area (Å²) in [6.45, 7) is 3.39. The number of aromatic nitrogens is 1. The SMILES string of the molecule is COCC1CCN(c2ncc(Br)cc2CN)C1. The molecule has 0 amide bonds. The Balaban J connectivity index is 2.12. The zero-order chi connectivity index (χ0) is 12.3. The summed E-state index contributed by atoms with van der Waals surface area (Å²) in [6.07, 6.45) is 2.99. The second kappa shape index (κ2) is 5.80. The molecule has 2 N–H and O–H groups in total. The van der Waals surface area contributed by atoms with Crippen molar-refractivity contribution in [3.63, 3.8) is 0 Å². The molecule has 0 spiro atoms. The van der Waals surface area contributed by atoms with E-state index in [1.165, 1.54) is 0 Å². The minimum atomic E-state index is 0.521. The van der Waals surface area contributed by atoms with Crippen molar-refractivity contribution in [2.45, 2.75) is 13.0 Å². The lowest BCUT2D eigenvalue weighted by atomic mass is 10.1. The van der Waals surface area contributed by atoms with Crippen LogP contribution in [0.1, 0.15) is 12.0 Å². The fraction of sp³-hybridized carbons (Fsp3) is 0.583. The average Bonchev–Trinajstić information content (AvgIpc) is 2.78. The van der Waals surface area contributed by atoms with Crippen LogP contribution in [0.4, 0.5) is 5.82 Å². The van der Waals surface area contributed by atoms with Gasteiger partial charge in [-0.15, -0.1) is 0 Å². The Hall–Kier alpha value is -0.650. The maximum absolute atomic E-state index is 5.77. The van der Waals surface area contributed by atoms with Gasteiger partial charge < -0.3 is 15.4 Å². The summed E-state index contributed by atoms with van der Waals surface area (Å²) in [6, 6.07) is 2.05. The van der Waals surface area contributed by atoms with Crippen LogP contribution in [-0.4, -0.2) is 31.8 Å². The lowest BCUT2D eigenvalue weighted by Gasteiger charge is -2.20. The third-order valence-corrected chi connectivity index (χ3v) is 3.55. The van der Waals surface area contributed by atoms with Crippen LogP contribution in [0.5, 0.6) is 0 Å². The molecular formula is C12H18BrN3O. The van der Waals surface area contributed by atoms with E-state index in [1.807, 2.05) is 12.3 Å². The predicted molar refractivity (Wildman–Crippen MR) is 72.0 cm³/mol. The number of anilines is 1. The molecule has 0 aromatic carbocycles. The molecule has 1 fully saturated rings. The predicted octanol–water partition coefficient (Wildman–Crippen LogP) is 1.78. The smallest absolute Gasteiger partial charge is 0.133 e. The first-order valence-corrected chi connectivity index (χ1v) is 6.62. The van der Waals surface area contributed by atoms with E-state index in [4.69, 9.17) is 10.5 Å². The number of nitrogens with zero attached hydrogens (tertiary/aromatic N) is 2. The minimum Gasteiger partial charge on any atom is -0.384 e. The molecule has 1 aromatic rings. The first kappa shape index (κ1) is 12.8. The highest BCUT2D eigenvalue weighted by Gasteiger charge is 2.24. The standard InChI is InChI=1S/C12H18BrN3O/c1-17-8-9-2-3-16(7-9)12-10(5-14)4-11(13)6-15-12/h4,6,9H,2-3,5,7-8,14H2,1H3. The zero-order valence-electron chi connectivity index (χ0n) is 10.0. The van der Waals surface area contributed by atoms with Gasteiger partial charge >= 0.3 is 0 Å². The molecule has 1 unspecified atom stereocenters. The molecule has 94 valence electrons. The van der Waals surface area contributed by atoms with Crippen LogP contribution >= 0.6 is 15.9 Å². The number of methoxy groups -OCH3 is 1. The first-order chi connectivity index (χ1) is 8.24. The number of nitrogens with two attached hydrogens (primary N) is 1. The fourth-order valence-electron chi connectivity index (χ4n) is 2.31. The van der Waals surface area contributed by atoms with Crippen molar-refractivity contribution in [3.05, 3.63) is 22.3 Å². The third kappa shape index (κ3) is 2.97. The highest BCUT2D eigenvalue weighted by molar-refractivity contribution is 9.10. The van der Waals surface area contributed by atoms with Gasteiger partial charge in [-0.1, -0.05) is 0 Å². The maximum Gasteiger partial charge on any atom is 0.133 e. The summed E-state index contributed by atoms with van der Waals surface area (Å²) in [4.78, 5) is 6.79. The lowest BCUT2D eigenvalue weighted by Crippen LogP contribution is -2.24. The summed E-state index contributed by atoms with van der Waals surface area (Å²) in [7, 11) is 1.76. The summed E-state index contributed by atoms with van der Waals surface area (Å²) in [5.41, 5.74) is 6.86. The van der Waals surface area contributed by atoms with Gasteiger partial charge in [0.1, 0.15) is 5.82 Å². The van der Waals surface area contributed by atoms with E-state index in [9.17, 15) is 0 Å². The van der Waals surface area contributed by atoms with Crippen LogP contribution in [0.15, 0.2) is 16.7 Å². The molecule has 4 nitrogen and oxygen atoms in total. The normalized spacial score (nSPS) is 19.9. The number of hydrogen-bond donors (Lipinski definition) is 1. The number of pyridine rings is 1. The molecule has 0 bridgehead atoms. The van der Waals surface area contributed by atoms with Gasteiger partial charge in [0.05, 0.1) is 6.61 Å². The molecule has 1 saturated heterocycles. The topological polar surface area (TPSA) is 51.4 Å². The second-order valence-corrected chi connectivity index (χ2v) is 5.31. The van der Waals surface area contributed by atoms with Crippen LogP contribution < -0.4 is 10.6 Å². The molecule has 0 radical (unpaired) electrons. The number of ether oxygens (including phenoxy) is 1. The van der Waals surface area contributed by atoms with E-state index in [-0.39, 0.29) is 0 Å². The Labute approximate surface area is 110 Å². The second-order valence-electron chi connectivity index (χ2n) is 4.40. The van der Waals surface area contributed by atoms with Crippen molar-refractivity contribution in [2.75, 3.05) is 31.7 Å². The molecule has 1 aromatic heterocycles. The fourth-order valence-corrected chi connectivity index (χ4v) is 2.68. The van der Waals surface area contributed by atoms with Crippen molar-refractivity contribution in [1.29, 1.82) is 0 Å². The van der Waals surface area contributed by atoms with E-state index in [0.29, 0.717) is 12.5 Å². The van der Waals surface area contributed by atoms with Gasteiger partial charge in [0.15, 0.2) is 0 Å². The van der Waals surface area contributed by atoms with Gasteiger partial charge in [-0.25, -0.2) is 4.98 Å². The molecule has 2 heterocycles. The van der Waals surface area contributed by atoms with Crippen molar-refractivity contribution in [2.24, 2.45) is 11.7 Å². The maximum atomic E-state index is 5.77. The molecule has 0 saturated carbocycles. The van der Waals surface area contributed by atoms with Crippen LogP contribution in [0.3, 0.4) is 0 Å². The highest BCUT2D eigenvalue weighted by atomic mass is 79.9. The monoisotopic (exact) mass is 299 g/mol. The molecule has 17 heavy (non-hydrogen) atoms. The minimum absolute atomic E-state index is 0.521. The quantitative estimate of drug-likeness (QED) is 0.921. The Bertz CT molecular complexity index is 386. The van der Waals surface area contributed by atoms with E-state index in [1.54, 1.807) is 7.11 Å². The Kier molecular flexibility index (Phi) is 4.36. The molecular weight excluding hydrogens is 282 g/mol. The molecule has 2 rings (SSSR count). The third-order valence-electron chi connectivity index (χ3n) is 3.12. The summed E-state index contributed by atoms with van der Waals surface area (Å²) < 4.78 is 6.19. The van der Waals surface area contributed by atoms with E-state index in [0.717, 1.165) is 42.0 Å². The van der Waals surface area contributed by atoms with E-state index < -0.39 is 0 Å². The molecule has 5 heteroatoms. The van der Waals surface area contributed by atoms with Crippen LogP contribution in [0.2, 0.25) is 0 Å². The number of hydrogen-bond acceptors (Lipinski definition) is 4. The molecule has 1 atom stereocenters. The largest absolute Gasteiger partial charge is 0.384 e. The van der Waals surface area contributed by atoms with E-state index in [2.05, 4.69) is 25.8 Å². The first-order valence-electron chi connectivity index (χ1n) is 5.83. The molecule has 1 aliphatic heterocycles. The van der Waals surface area contributed by atoms with Crippen molar-refractivity contribution in [3.8, 4) is 0 Å². The summed E-state index contributed by atoms with van der Waals surface area (Å²) >= 11 is 3.43. The number of halogens is 1. The Morgan fingerprint density at radius 1 is 1.65 bits per heavy atom. The number of rotatable bonds is 4. The van der Waals surface area contributed by atoms with Crippen LogP contribution in [0, 0.1) is 5.92 Å². The van der Waals surface area contributed by atoms with Crippen LogP contribution in [-0.2, 0) is 11.3 Å². The average molecular weight is 300 g/mol. The Morgan fingerprint density at radius 2 is 2.47 bits per heavy atom. The van der Waals surface area contributed by atoms with Gasteiger partial charge in [0, 0.05) is 48.9 Å². The Morgan fingerprint density at radius 3 is 3.18 bits per heavy atom. The van der Waals surface area contributed by atoms with Gasteiger partial charge in [0.2, 0.25) is 0 Å². The van der Waals surface area contributed by atoms with Gasteiger partial charge in [-0.05, 0) is 28.4 Å². The molecule has 0 aliphatic carbocycles. The van der Waals surface area contributed by atoms with Crippen molar-refractivity contribution < 1.29 is 4.74 Å². The van der Waals surface area contributed by atoms with Gasteiger partial charge in [0.25, 0.3) is 0 Å². The van der Waals surface area contributed by atoms with Crippen molar-refractivity contribution >= 4 is 21.7 Å². The summed E-state index contributed by atoms with van der Waals surface area (Å²) in [5.74, 6) is 1.63. The van der Waals surface area contributed by atoms with Crippen LogP contribution in [0.25, 0.3) is 0 Å². The lowest BCUT2D eigenvalue weighted by molar-refractivity contribution is 0.161. The van der Waals surface area contributed by atoms with Crippen molar-refractivity contribution in [1.82, 2.24) is 4.98 Å². The highest BCUT2D eigenvalue weighted by Crippen LogP contribution is 2.26. The molecule has 1 aliphatic rings. The van der Waals surface area contributed by atoms with Gasteiger partial charge in [-0.2, -0.15) is 0 Å². The zero-order valence-corrected chi connectivity index (χ0v) is 11.6. The van der Waals surface area contributed by atoms with Gasteiger partial charge in [-0.3, -0.25) is 0 Å².